The van der Waals surface area contributed by atoms with Crippen LogP contribution in [0.2, 0.25) is 0 Å². The zero-order chi connectivity index (χ0) is 24.1. The molecule has 0 aromatic heterocycles. The Hall–Kier alpha value is -3.65. The summed E-state index contributed by atoms with van der Waals surface area (Å²) in [6.45, 7) is 2.21. The zero-order valence-electron chi connectivity index (χ0n) is 20.4. The lowest BCUT2D eigenvalue weighted by Crippen LogP contribution is -2.26. The Morgan fingerprint density at radius 2 is 1.26 bits per heavy atom. The third-order valence-electron chi connectivity index (χ3n) is 7.49. The van der Waals surface area contributed by atoms with Gasteiger partial charge in [0.2, 0.25) is 0 Å². The average Bonchev–Trinajstić information content (AvgIpc) is 2.94. The lowest BCUT2D eigenvalue weighted by atomic mass is 9.70. The number of aromatic hydroxyl groups is 1. The molecule has 176 valence electrons. The highest BCUT2D eigenvalue weighted by Crippen LogP contribution is 2.45. The predicted molar refractivity (Wildman–Crippen MR) is 146 cm³/mol. The molecule has 0 saturated heterocycles. The summed E-state index contributed by atoms with van der Waals surface area (Å²) < 4.78 is 0. The summed E-state index contributed by atoms with van der Waals surface area (Å²) >= 11 is 0. The molecule has 0 aliphatic heterocycles. The van der Waals surface area contributed by atoms with Crippen LogP contribution < -0.4 is 0 Å². The third-order valence-corrected chi connectivity index (χ3v) is 7.49. The molecule has 1 fully saturated rings. The number of phenolic OH excluding ortho intramolecular Hbond substituents is 1. The van der Waals surface area contributed by atoms with Crippen molar-refractivity contribution in [1.82, 2.24) is 0 Å². The third kappa shape index (κ3) is 4.79. The Kier molecular flexibility index (Phi) is 6.81. The molecule has 1 saturated carbocycles. The standard InChI is InChI=1S/C33H33NO/c1-33(28-16-8-3-9-17-28,29-18-10-4-11-19-29)31-23-26(25-14-6-2-7-15-25)22-27(32(31)35)24-34-30-20-12-5-13-21-30/h2-4,6-11,14-19,22-24,30,35H,5,12-13,20-21H2,1H3. The van der Waals surface area contributed by atoms with Crippen LogP contribution in [-0.4, -0.2) is 17.4 Å². The van der Waals surface area contributed by atoms with E-state index in [0.717, 1.165) is 46.2 Å². The molecule has 0 heterocycles. The smallest absolute Gasteiger partial charge is 0.128 e. The fourth-order valence-electron chi connectivity index (χ4n) is 5.37. The van der Waals surface area contributed by atoms with E-state index in [-0.39, 0.29) is 0 Å². The van der Waals surface area contributed by atoms with E-state index < -0.39 is 5.41 Å². The fraction of sp³-hybridized carbons (Fsp3) is 0.242. The molecule has 35 heavy (non-hydrogen) atoms. The van der Waals surface area contributed by atoms with E-state index in [9.17, 15) is 5.11 Å². The van der Waals surface area contributed by atoms with Gasteiger partial charge >= 0.3 is 0 Å². The molecule has 0 atom stereocenters. The highest BCUT2D eigenvalue weighted by molar-refractivity contribution is 5.88. The van der Waals surface area contributed by atoms with Crippen LogP contribution in [0.5, 0.6) is 5.75 Å². The van der Waals surface area contributed by atoms with Crippen LogP contribution in [0.4, 0.5) is 0 Å². The van der Waals surface area contributed by atoms with Crippen LogP contribution in [0.25, 0.3) is 11.1 Å². The number of aliphatic imine (C=N–C) groups is 1. The van der Waals surface area contributed by atoms with E-state index >= 15 is 0 Å². The Morgan fingerprint density at radius 3 is 1.83 bits per heavy atom. The first-order valence-electron chi connectivity index (χ1n) is 12.7. The van der Waals surface area contributed by atoms with E-state index in [1.54, 1.807) is 0 Å². The van der Waals surface area contributed by atoms with Gasteiger partial charge in [0.15, 0.2) is 0 Å². The molecule has 4 aromatic rings. The maximum atomic E-state index is 11.8. The van der Waals surface area contributed by atoms with Crippen LogP contribution in [-0.2, 0) is 5.41 Å². The minimum atomic E-state index is -0.537. The largest absolute Gasteiger partial charge is 0.507 e. The number of rotatable bonds is 6. The van der Waals surface area contributed by atoms with Gasteiger partial charge in [0, 0.05) is 28.8 Å². The number of nitrogens with zero attached hydrogens (tertiary/aromatic N) is 1. The predicted octanol–water partition coefficient (Wildman–Crippen LogP) is 8.17. The highest BCUT2D eigenvalue weighted by atomic mass is 16.3. The molecule has 0 radical (unpaired) electrons. The van der Waals surface area contributed by atoms with E-state index in [1.807, 2.05) is 24.4 Å². The maximum absolute atomic E-state index is 11.8. The summed E-state index contributed by atoms with van der Waals surface area (Å²) in [7, 11) is 0. The van der Waals surface area contributed by atoms with Gasteiger partial charge in [0.25, 0.3) is 0 Å². The van der Waals surface area contributed by atoms with Crippen molar-refractivity contribution >= 4 is 6.21 Å². The first-order valence-corrected chi connectivity index (χ1v) is 12.7. The molecule has 2 nitrogen and oxygen atoms in total. The minimum Gasteiger partial charge on any atom is -0.507 e. The van der Waals surface area contributed by atoms with Gasteiger partial charge < -0.3 is 5.11 Å². The Bertz CT molecular complexity index is 1230. The second kappa shape index (κ2) is 10.3. The molecule has 0 spiro atoms. The van der Waals surface area contributed by atoms with Crippen molar-refractivity contribution in [2.45, 2.75) is 50.5 Å². The van der Waals surface area contributed by atoms with Crippen LogP contribution in [0.1, 0.15) is 61.3 Å². The molecule has 1 aliphatic rings. The maximum Gasteiger partial charge on any atom is 0.128 e. The summed E-state index contributed by atoms with van der Waals surface area (Å²) in [6.07, 6.45) is 7.96. The van der Waals surface area contributed by atoms with Crippen molar-refractivity contribution in [1.29, 1.82) is 0 Å². The van der Waals surface area contributed by atoms with Crippen LogP contribution in [0, 0.1) is 0 Å². The van der Waals surface area contributed by atoms with Crippen molar-refractivity contribution in [2.24, 2.45) is 4.99 Å². The molecule has 1 N–H and O–H groups in total. The molecule has 2 heteroatoms. The number of benzene rings is 4. The molecule has 4 aromatic carbocycles. The molecular weight excluding hydrogens is 426 g/mol. The van der Waals surface area contributed by atoms with Crippen molar-refractivity contribution < 1.29 is 5.11 Å². The quantitative estimate of drug-likeness (QED) is 0.229. The molecule has 0 bridgehead atoms. The minimum absolute atomic E-state index is 0.305. The Labute approximate surface area is 209 Å². The van der Waals surface area contributed by atoms with Gasteiger partial charge in [-0.05, 0) is 54.2 Å². The van der Waals surface area contributed by atoms with Gasteiger partial charge in [0.05, 0.1) is 0 Å². The fourth-order valence-corrected chi connectivity index (χ4v) is 5.37. The van der Waals surface area contributed by atoms with E-state index in [2.05, 4.69) is 91.9 Å². The molecule has 0 unspecified atom stereocenters. The normalized spacial score (nSPS) is 14.9. The summed E-state index contributed by atoms with van der Waals surface area (Å²) in [6, 6.07) is 36.0. The van der Waals surface area contributed by atoms with Gasteiger partial charge in [-0.25, -0.2) is 0 Å². The summed E-state index contributed by atoms with van der Waals surface area (Å²) in [4.78, 5) is 4.93. The van der Waals surface area contributed by atoms with Gasteiger partial charge in [0.1, 0.15) is 5.75 Å². The van der Waals surface area contributed by atoms with Crippen molar-refractivity contribution in [2.75, 3.05) is 0 Å². The first kappa shape index (κ1) is 23.1. The van der Waals surface area contributed by atoms with Gasteiger partial charge in [-0.3, -0.25) is 4.99 Å². The van der Waals surface area contributed by atoms with Gasteiger partial charge in [-0.15, -0.1) is 0 Å². The SMILES string of the molecule is CC(c1ccccc1)(c1ccccc1)c1cc(-c2ccccc2)cc(C=NC2CCCCC2)c1O. The lowest BCUT2D eigenvalue weighted by Gasteiger charge is -2.33. The lowest BCUT2D eigenvalue weighted by molar-refractivity contribution is 0.443. The van der Waals surface area contributed by atoms with Gasteiger partial charge in [-0.1, -0.05) is 110 Å². The van der Waals surface area contributed by atoms with E-state index in [1.165, 1.54) is 19.3 Å². The average molecular weight is 460 g/mol. The number of hydrogen-bond donors (Lipinski definition) is 1. The topological polar surface area (TPSA) is 32.6 Å². The van der Waals surface area contributed by atoms with E-state index in [0.29, 0.717) is 11.8 Å². The van der Waals surface area contributed by atoms with Crippen LogP contribution in [0.3, 0.4) is 0 Å². The first-order chi connectivity index (χ1) is 17.2. The van der Waals surface area contributed by atoms with Crippen molar-refractivity contribution in [3.05, 3.63) is 125 Å². The van der Waals surface area contributed by atoms with Gasteiger partial charge in [-0.2, -0.15) is 0 Å². The number of phenols is 1. The second-order valence-corrected chi connectivity index (χ2v) is 9.75. The van der Waals surface area contributed by atoms with Crippen LogP contribution >= 0.6 is 0 Å². The summed E-state index contributed by atoms with van der Waals surface area (Å²) in [5.41, 5.74) is 5.63. The Morgan fingerprint density at radius 1 is 0.714 bits per heavy atom. The Balaban J connectivity index is 1.72. The zero-order valence-corrected chi connectivity index (χ0v) is 20.4. The van der Waals surface area contributed by atoms with Crippen molar-refractivity contribution in [3.8, 4) is 16.9 Å². The van der Waals surface area contributed by atoms with Crippen LogP contribution in [0.15, 0.2) is 108 Å². The van der Waals surface area contributed by atoms with E-state index in [4.69, 9.17) is 4.99 Å². The highest BCUT2D eigenvalue weighted by Gasteiger charge is 2.34. The second-order valence-electron chi connectivity index (χ2n) is 9.75. The summed E-state index contributed by atoms with van der Waals surface area (Å²) in [5.74, 6) is 0.305. The summed E-state index contributed by atoms with van der Waals surface area (Å²) in [5, 5.41) is 11.8. The molecule has 1 aliphatic carbocycles. The molecule has 5 rings (SSSR count). The van der Waals surface area contributed by atoms with Crippen molar-refractivity contribution in [3.63, 3.8) is 0 Å². The number of hydrogen-bond acceptors (Lipinski definition) is 2. The molecule has 0 amide bonds. The molecular formula is C33H33NO. The monoisotopic (exact) mass is 459 g/mol.